The van der Waals surface area contributed by atoms with Crippen LogP contribution in [0.2, 0.25) is 5.15 Å². The number of imidazole rings is 1. The Morgan fingerprint density at radius 2 is 1.83 bits per heavy atom. The molecule has 3 aromatic heterocycles. The second-order valence-electron chi connectivity index (χ2n) is 6.69. The number of aromatic amines is 1. The molecular weight excluding hydrogens is 391 g/mol. The molecule has 0 aliphatic rings. The van der Waals surface area contributed by atoms with E-state index in [1.807, 2.05) is 50.4 Å². The van der Waals surface area contributed by atoms with E-state index in [-0.39, 0.29) is 0 Å². The number of nitrogens with zero attached hydrogens (tertiary/aromatic N) is 3. The number of aromatic nitrogens is 4. The van der Waals surface area contributed by atoms with Gasteiger partial charge in [0.15, 0.2) is 0 Å². The highest BCUT2D eigenvalue weighted by atomic mass is 35.5. The van der Waals surface area contributed by atoms with E-state index in [4.69, 9.17) is 16.3 Å². The normalized spacial score (nSPS) is 10.9. The van der Waals surface area contributed by atoms with Crippen molar-refractivity contribution in [1.82, 2.24) is 19.9 Å². The molecule has 146 valence electrons. The maximum absolute atomic E-state index is 13.0. The van der Waals surface area contributed by atoms with Crippen molar-refractivity contribution in [2.75, 3.05) is 0 Å². The number of hydrogen-bond donors (Lipinski definition) is 1. The third-order valence-corrected chi connectivity index (χ3v) is 4.75. The number of halogens is 2. The summed E-state index contributed by atoms with van der Waals surface area (Å²) in [5.41, 5.74) is 5.07. The lowest BCUT2D eigenvalue weighted by molar-refractivity contribution is 0.303. The van der Waals surface area contributed by atoms with Crippen LogP contribution in [0.3, 0.4) is 0 Å². The molecule has 0 amide bonds. The minimum atomic E-state index is -0.542. The highest BCUT2D eigenvalue weighted by molar-refractivity contribution is 6.32. The Kier molecular flexibility index (Phi) is 5.27. The number of benzene rings is 1. The van der Waals surface area contributed by atoms with Crippen LogP contribution in [0.5, 0.6) is 5.75 Å². The molecule has 0 saturated heterocycles. The van der Waals surface area contributed by atoms with Crippen LogP contribution >= 0.6 is 11.6 Å². The second kappa shape index (κ2) is 8.01. The predicted molar refractivity (Wildman–Crippen MR) is 110 cm³/mol. The van der Waals surface area contributed by atoms with Crippen molar-refractivity contribution in [3.8, 4) is 28.4 Å². The fourth-order valence-corrected chi connectivity index (χ4v) is 3.14. The van der Waals surface area contributed by atoms with Crippen LogP contribution in [0.15, 0.2) is 54.9 Å². The van der Waals surface area contributed by atoms with Crippen molar-refractivity contribution in [3.63, 3.8) is 0 Å². The Balaban J connectivity index is 1.54. The number of ether oxygens (including phenoxy) is 1. The van der Waals surface area contributed by atoms with Crippen LogP contribution in [-0.4, -0.2) is 19.9 Å². The molecule has 0 saturated carbocycles. The highest BCUT2D eigenvalue weighted by Crippen LogP contribution is 2.32. The zero-order valence-electron chi connectivity index (χ0n) is 15.9. The van der Waals surface area contributed by atoms with Crippen LogP contribution in [0.4, 0.5) is 4.39 Å². The Labute approximate surface area is 172 Å². The first-order valence-corrected chi connectivity index (χ1v) is 9.40. The first-order valence-electron chi connectivity index (χ1n) is 9.02. The van der Waals surface area contributed by atoms with Crippen molar-refractivity contribution in [2.24, 2.45) is 0 Å². The van der Waals surface area contributed by atoms with Crippen LogP contribution in [0.25, 0.3) is 22.6 Å². The summed E-state index contributed by atoms with van der Waals surface area (Å²) in [4.78, 5) is 15.5. The molecule has 0 spiro atoms. The SMILES string of the molecule is Cc1ccc(COc2ccc(-c3nc(-c4ccc(F)nc4)[nH]c3Cl)cc2C)cn1. The summed E-state index contributed by atoms with van der Waals surface area (Å²) in [6, 6.07) is 12.6. The molecule has 29 heavy (non-hydrogen) atoms. The van der Waals surface area contributed by atoms with Gasteiger partial charge in [0, 0.05) is 34.8 Å². The molecular formula is C22H18ClFN4O. The number of pyridine rings is 2. The molecule has 1 aromatic carbocycles. The fourth-order valence-electron chi connectivity index (χ4n) is 2.90. The summed E-state index contributed by atoms with van der Waals surface area (Å²) in [5.74, 6) is 0.769. The van der Waals surface area contributed by atoms with Gasteiger partial charge in [-0.3, -0.25) is 4.98 Å². The zero-order valence-corrected chi connectivity index (χ0v) is 16.7. The van der Waals surface area contributed by atoms with Crippen molar-refractivity contribution < 1.29 is 9.13 Å². The Morgan fingerprint density at radius 3 is 2.52 bits per heavy atom. The lowest BCUT2D eigenvalue weighted by atomic mass is 10.1. The number of rotatable bonds is 5. The first-order chi connectivity index (χ1) is 14.0. The Hall–Kier alpha value is -3.25. The Morgan fingerprint density at radius 1 is 1.00 bits per heavy atom. The van der Waals surface area contributed by atoms with E-state index in [1.54, 1.807) is 6.07 Å². The summed E-state index contributed by atoms with van der Waals surface area (Å²) in [7, 11) is 0. The van der Waals surface area contributed by atoms with Gasteiger partial charge in [0.1, 0.15) is 29.0 Å². The second-order valence-corrected chi connectivity index (χ2v) is 7.07. The largest absolute Gasteiger partial charge is 0.489 e. The van der Waals surface area contributed by atoms with Gasteiger partial charge in [-0.05, 0) is 55.8 Å². The minimum absolute atomic E-state index is 0.406. The molecule has 0 aliphatic carbocycles. The van der Waals surface area contributed by atoms with Gasteiger partial charge in [-0.1, -0.05) is 17.7 Å². The predicted octanol–water partition coefficient (Wildman–Crippen LogP) is 5.52. The molecule has 1 N–H and O–H groups in total. The van der Waals surface area contributed by atoms with Crippen molar-refractivity contribution in [3.05, 3.63) is 82.8 Å². The van der Waals surface area contributed by atoms with Gasteiger partial charge in [-0.2, -0.15) is 4.39 Å². The van der Waals surface area contributed by atoms with Crippen LogP contribution in [0.1, 0.15) is 16.8 Å². The fraction of sp³-hybridized carbons (Fsp3) is 0.136. The zero-order chi connectivity index (χ0) is 20.4. The monoisotopic (exact) mass is 408 g/mol. The topological polar surface area (TPSA) is 63.7 Å². The summed E-state index contributed by atoms with van der Waals surface area (Å²) in [6.45, 7) is 4.36. The summed E-state index contributed by atoms with van der Waals surface area (Å²) < 4.78 is 19.0. The van der Waals surface area contributed by atoms with E-state index in [1.165, 1.54) is 12.3 Å². The lowest BCUT2D eigenvalue weighted by Gasteiger charge is -2.10. The average Bonchev–Trinajstić information content (AvgIpc) is 3.10. The van der Waals surface area contributed by atoms with Gasteiger partial charge in [0.25, 0.3) is 0 Å². The Bertz CT molecular complexity index is 1140. The summed E-state index contributed by atoms with van der Waals surface area (Å²) >= 11 is 6.36. The highest BCUT2D eigenvalue weighted by Gasteiger charge is 2.14. The number of H-pyrrole nitrogens is 1. The third-order valence-electron chi connectivity index (χ3n) is 4.48. The van der Waals surface area contributed by atoms with Gasteiger partial charge in [-0.15, -0.1) is 0 Å². The van der Waals surface area contributed by atoms with Crippen LogP contribution < -0.4 is 4.74 Å². The van der Waals surface area contributed by atoms with Crippen LogP contribution in [-0.2, 0) is 6.61 Å². The minimum Gasteiger partial charge on any atom is -0.489 e. The van der Waals surface area contributed by atoms with Gasteiger partial charge in [0.05, 0.1) is 0 Å². The molecule has 7 heteroatoms. The number of hydrogen-bond acceptors (Lipinski definition) is 4. The van der Waals surface area contributed by atoms with E-state index < -0.39 is 5.95 Å². The summed E-state index contributed by atoms with van der Waals surface area (Å²) in [6.07, 6.45) is 3.23. The molecule has 5 nitrogen and oxygen atoms in total. The smallest absolute Gasteiger partial charge is 0.212 e. The molecule has 4 rings (SSSR count). The van der Waals surface area contributed by atoms with Crippen molar-refractivity contribution in [2.45, 2.75) is 20.5 Å². The maximum Gasteiger partial charge on any atom is 0.212 e. The van der Waals surface area contributed by atoms with Crippen molar-refractivity contribution >= 4 is 11.6 Å². The molecule has 0 fully saturated rings. The quantitative estimate of drug-likeness (QED) is 0.441. The molecule has 0 unspecified atom stereocenters. The number of nitrogens with one attached hydrogen (secondary N) is 1. The third kappa shape index (κ3) is 4.27. The van der Waals surface area contributed by atoms with E-state index in [2.05, 4.69) is 19.9 Å². The van der Waals surface area contributed by atoms with Gasteiger partial charge >= 0.3 is 0 Å². The van der Waals surface area contributed by atoms with Gasteiger partial charge < -0.3 is 9.72 Å². The molecule has 0 radical (unpaired) electrons. The molecule has 0 atom stereocenters. The molecule has 0 bridgehead atoms. The summed E-state index contributed by atoms with van der Waals surface area (Å²) in [5, 5.41) is 0.406. The maximum atomic E-state index is 13.0. The van der Waals surface area contributed by atoms with E-state index in [0.717, 1.165) is 28.1 Å². The van der Waals surface area contributed by atoms with Gasteiger partial charge in [0.2, 0.25) is 5.95 Å². The van der Waals surface area contributed by atoms with E-state index in [9.17, 15) is 4.39 Å². The van der Waals surface area contributed by atoms with Gasteiger partial charge in [-0.25, -0.2) is 9.97 Å². The molecule has 0 aliphatic heterocycles. The standard InChI is InChI=1S/C22H18ClFN4O/c1-13-9-16(5-7-18(13)29-12-15-4-3-14(2)25-10-15)20-21(23)28-22(27-20)17-6-8-19(24)26-11-17/h3-11H,12H2,1-2H3,(H,27,28). The van der Waals surface area contributed by atoms with E-state index >= 15 is 0 Å². The molecule has 3 heterocycles. The lowest BCUT2D eigenvalue weighted by Crippen LogP contribution is -1.98. The number of aryl methyl sites for hydroxylation is 2. The van der Waals surface area contributed by atoms with Crippen molar-refractivity contribution in [1.29, 1.82) is 0 Å². The average molecular weight is 409 g/mol. The molecule has 4 aromatic rings. The van der Waals surface area contributed by atoms with Crippen LogP contribution in [0, 0.1) is 19.8 Å². The van der Waals surface area contributed by atoms with E-state index in [0.29, 0.717) is 28.8 Å². The first kappa shape index (κ1) is 19.1.